The van der Waals surface area contributed by atoms with E-state index in [0.29, 0.717) is 0 Å². The summed E-state index contributed by atoms with van der Waals surface area (Å²) in [7, 11) is 0. The van der Waals surface area contributed by atoms with Crippen molar-refractivity contribution < 1.29 is 9.90 Å². The lowest BCUT2D eigenvalue weighted by Crippen LogP contribution is -2.41. The summed E-state index contributed by atoms with van der Waals surface area (Å²) in [5.41, 5.74) is 5.62. The highest BCUT2D eigenvalue weighted by atomic mass is 35.5. The molecule has 18 heavy (non-hydrogen) atoms. The topological polar surface area (TPSA) is 63.3 Å². The van der Waals surface area contributed by atoms with Crippen LogP contribution in [-0.4, -0.2) is 17.1 Å². The normalized spacial score (nSPS) is 14.3. The van der Waals surface area contributed by atoms with E-state index in [4.69, 9.17) is 34.0 Å². The van der Waals surface area contributed by atoms with Gasteiger partial charge in [-0.3, -0.25) is 4.79 Å². The van der Waals surface area contributed by atoms with E-state index in [0.717, 1.165) is 5.56 Å². The van der Waals surface area contributed by atoms with Gasteiger partial charge in [-0.05, 0) is 12.0 Å². The van der Waals surface area contributed by atoms with Gasteiger partial charge in [0.25, 0.3) is 0 Å². The van der Waals surface area contributed by atoms with Crippen molar-refractivity contribution in [2.75, 3.05) is 0 Å². The molecule has 0 aliphatic heterocycles. The van der Waals surface area contributed by atoms with Crippen LogP contribution in [0.15, 0.2) is 30.3 Å². The molecule has 0 aliphatic carbocycles. The van der Waals surface area contributed by atoms with Crippen LogP contribution < -0.4 is 5.73 Å². The number of hydrogen-bond acceptors (Lipinski definition) is 2. The summed E-state index contributed by atoms with van der Waals surface area (Å²) in [6.07, 6.45) is 0.185. The van der Waals surface area contributed by atoms with Gasteiger partial charge in [-0.25, -0.2) is 0 Å². The maximum atomic E-state index is 10.8. The van der Waals surface area contributed by atoms with Crippen LogP contribution in [0.1, 0.15) is 25.8 Å². The zero-order valence-corrected chi connectivity index (χ0v) is 11.9. The second-order valence-electron chi connectivity index (χ2n) is 4.97. The average molecular weight is 290 g/mol. The van der Waals surface area contributed by atoms with Gasteiger partial charge in [-0.1, -0.05) is 67.4 Å². The lowest BCUT2D eigenvalue weighted by Gasteiger charge is -2.38. The maximum absolute atomic E-state index is 10.8. The molecule has 5 heteroatoms. The molecule has 1 rings (SSSR count). The predicted octanol–water partition coefficient (Wildman–Crippen LogP) is 3.15. The minimum atomic E-state index is -1.19. The van der Waals surface area contributed by atoms with Gasteiger partial charge in [0, 0.05) is 5.41 Å². The van der Waals surface area contributed by atoms with Crippen LogP contribution in [-0.2, 0) is 9.13 Å². The summed E-state index contributed by atoms with van der Waals surface area (Å²) in [5.74, 6) is -1.06. The van der Waals surface area contributed by atoms with Gasteiger partial charge in [0.1, 0.15) is 10.4 Å². The summed E-state index contributed by atoms with van der Waals surface area (Å²) < 4.78 is -1.19. The van der Waals surface area contributed by atoms with Gasteiger partial charge in [-0.15, -0.1) is 0 Å². The predicted molar refractivity (Wildman–Crippen MR) is 73.8 cm³/mol. The Morgan fingerprint density at radius 2 is 1.83 bits per heavy atom. The number of carboxylic acid groups (broad SMARTS) is 1. The molecule has 0 heterocycles. The molecule has 3 N–H and O–H groups in total. The standard InChI is InChI=1S/C13H17Cl2NO2/c1-12(2,8-10(16)11(17)18)13(14,15)9-6-4-3-5-7-9/h3-7,10H,8,16H2,1-2H3,(H,17,18)/t10-/m0/s1. The maximum Gasteiger partial charge on any atom is 0.320 e. The van der Waals surface area contributed by atoms with E-state index < -0.39 is 21.8 Å². The van der Waals surface area contributed by atoms with Crippen molar-refractivity contribution in [2.45, 2.75) is 30.6 Å². The highest BCUT2D eigenvalue weighted by Crippen LogP contribution is 2.51. The van der Waals surface area contributed by atoms with Crippen LogP contribution in [0.5, 0.6) is 0 Å². The highest BCUT2D eigenvalue weighted by molar-refractivity contribution is 6.48. The van der Waals surface area contributed by atoms with Crippen molar-refractivity contribution >= 4 is 29.2 Å². The van der Waals surface area contributed by atoms with Crippen molar-refractivity contribution in [1.29, 1.82) is 0 Å². The Balaban J connectivity index is 2.99. The SMILES string of the molecule is CC(C)(C[C@H](N)C(=O)O)C(Cl)(Cl)c1ccccc1. The quantitative estimate of drug-likeness (QED) is 0.819. The molecule has 0 fully saturated rings. The fourth-order valence-electron chi connectivity index (χ4n) is 1.80. The minimum absolute atomic E-state index is 0.185. The van der Waals surface area contributed by atoms with E-state index in [1.54, 1.807) is 0 Å². The van der Waals surface area contributed by atoms with Gasteiger partial charge in [-0.2, -0.15) is 0 Å². The largest absolute Gasteiger partial charge is 0.480 e. The number of benzene rings is 1. The second kappa shape index (κ2) is 5.47. The fraction of sp³-hybridized carbons (Fsp3) is 0.462. The molecule has 0 aliphatic rings. The van der Waals surface area contributed by atoms with Crippen LogP contribution in [0, 0.1) is 5.41 Å². The lowest BCUT2D eigenvalue weighted by molar-refractivity contribution is -0.139. The molecule has 0 radical (unpaired) electrons. The zero-order chi connectivity index (χ0) is 14.0. The Morgan fingerprint density at radius 3 is 2.28 bits per heavy atom. The molecular formula is C13H17Cl2NO2. The molecule has 1 aromatic rings. The summed E-state index contributed by atoms with van der Waals surface area (Å²) in [4.78, 5) is 10.8. The first-order chi connectivity index (χ1) is 8.18. The van der Waals surface area contributed by atoms with Crippen molar-refractivity contribution in [3.63, 3.8) is 0 Å². The number of carboxylic acids is 1. The Morgan fingerprint density at radius 1 is 1.33 bits per heavy atom. The Hall–Kier alpha value is -0.770. The number of halogens is 2. The molecule has 0 amide bonds. The summed E-state index contributed by atoms with van der Waals surface area (Å²) >= 11 is 12.8. The first-order valence-electron chi connectivity index (χ1n) is 5.60. The molecule has 1 atom stereocenters. The summed E-state index contributed by atoms with van der Waals surface area (Å²) in [5, 5.41) is 8.87. The summed E-state index contributed by atoms with van der Waals surface area (Å²) in [6.45, 7) is 3.62. The Bertz CT molecular complexity index is 418. The number of aliphatic carboxylic acids is 1. The monoisotopic (exact) mass is 289 g/mol. The van der Waals surface area contributed by atoms with Gasteiger partial charge in [0.05, 0.1) is 0 Å². The lowest BCUT2D eigenvalue weighted by atomic mass is 9.79. The average Bonchev–Trinajstić information content (AvgIpc) is 2.29. The molecule has 0 bridgehead atoms. The molecule has 0 aromatic heterocycles. The zero-order valence-electron chi connectivity index (χ0n) is 10.4. The number of nitrogens with two attached hydrogens (primary N) is 1. The molecule has 0 saturated heterocycles. The first-order valence-corrected chi connectivity index (χ1v) is 6.36. The fourth-order valence-corrected chi connectivity index (χ4v) is 2.21. The van der Waals surface area contributed by atoms with E-state index in [1.807, 2.05) is 44.2 Å². The second-order valence-corrected chi connectivity index (χ2v) is 6.30. The van der Waals surface area contributed by atoms with Crippen LogP contribution in [0.4, 0.5) is 0 Å². The van der Waals surface area contributed by atoms with Crippen molar-refractivity contribution in [3.05, 3.63) is 35.9 Å². The van der Waals surface area contributed by atoms with Gasteiger partial charge in [0.2, 0.25) is 0 Å². The molecule has 0 unspecified atom stereocenters. The van der Waals surface area contributed by atoms with Gasteiger partial charge >= 0.3 is 5.97 Å². The molecule has 0 saturated carbocycles. The number of carbonyl (C=O) groups is 1. The molecule has 0 spiro atoms. The summed E-state index contributed by atoms with van der Waals surface area (Å²) in [6, 6.07) is 8.18. The third-order valence-corrected chi connectivity index (χ3v) is 4.49. The minimum Gasteiger partial charge on any atom is -0.480 e. The third kappa shape index (κ3) is 3.16. The van der Waals surface area contributed by atoms with E-state index in [-0.39, 0.29) is 6.42 Å². The van der Waals surface area contributed by atoms with Crippen molar-refractivity contribution in [2.24, 2.45) is 11.1 Å². The Labute approximate surface area is 117 Å². The third-order valence-electron chi connectivity index (χ3n) is 3.03. The van der Waals surface area contributed by atoms with Gasteiger partial charge < -0.3 is 10.8 Å². The number of rotatable bonds is 5. The van der Waals surface area contributed by atoms with Crippen LogP contribution >= 0.6 is 23.2 Å². The van der Waals surface area contributed by atoms with E-state index in [1.165, 1.54) is 0 Å². The van der Waals surface area contributed by atoms with Crippen LogP contribution in [0.3, 0.4) is 0 Å². The van der Waals surface area contributed by atoms with E-state index in [2.05, 4.69) is 0 Å². The van der Waals surface area contributed by atoms with Crippen LogP contribution in [0.2, 0.25) is 0 Å². The molecular weight excluding hydrogens is 273 g/mol. The molecule has 3 nitrogen and oxygen atoms in total. The van der Waals surface area contributed by atoms with E-state index in [9.17, 15) is 4.79 Å². The highest BCUT2D eigenvalue weighted by Gasteiger charge is 2.45. The first kappa shape index (κ1) is 15.3. The van der Waals surface area contributed by atoms with Gasteiger partial charge in [0.15, 0.2) is 0 Å². The Kier molecular flexibility index (Phi) is 4.65. The van der Waals surface area contributed by atoms with Crippen molar-refractivity contribution in [3.8, 4) is 0 Å². The molecule has 100 valence electrons. The van der Waals surface area contributed by atoms with Crippen molar-refractivity contribution in [1.82, 2.24) is 0 Å². The van der Waals surface area contributed by atoms with Crippen LogP contribution in [0.25, 0.3) is 0 Å². The van der Waals surface area contributed by atoms with E-state index >= 15 is 0 Å². The number of hydrogen-bond donors (Lipinski definition) is 2. The number of alkyl halides is 2. The molecule has 1 aromatic carbocycles. The smallest absolute Gasteiger partial charge is 0.320 e.